The summed E-state index contributed by atoms with van der Waals surface area (Å²) in [6.45, 7) is 6.48. The van der Waals surface area contributed by atoms with E-state index >= 15 is 0 Å². The van der Waals surface area contributed by atoms with Gasteiger partial charge in [0.1, 0.15) is 0 Å². The number of hydrogen-bond donors (Lipinski definition) is 1. The Balaban J connectivity index is 2.30. The molecule has 1 aromatic heterocycles. The molecule has 3 heteroatoms. The van der Waals surface area contributed by atoms with E-state index in [4.69, 9.17) is 0 Å². The Morgan fingerprint density at radius 1 is 1.50 bits per heavy atom. The van der Waals surface area contributed by atoms with Crippen molar-refractivity contribution in [3.05, 3.63) is 21.9 Å². The van der Waals surface area contributed by atoms with E-state index in [2.05, 4.69) is 49.6 Å². The molecule has 0 amide bonds. The van der Waals surface area contributed by atoms with E-state index in [1.165, 1.54) is 10.4 Å². The van der Waals surface area contributed by atoms with Gasteiger partial charge >= 0.3 is 0 Å². The lowest BCUT2D eigenvalue weighted by Gasteiger charge is -2.18. The molecule has 0 spiro atoms. The second kappa shape index (κ2) is 5.49. The number of thiophene rings is 1. The number of rotatable bonds is 5. The minimum absolute atomic E-state index is 0.548. The Morgan fingerprint density at radius 2 is 2.21 bits per heavy atom. The summed E-state index contributed by atoms with van der Waals surface area (Å²) in [6.07, 6.45) is 0. The van der Waals surface area contributed by atoms with Crippen LogP contribution in [0.2, 0.25) is 0 Å². The first-order chi connectivity index (χ1) is 6.59. The van der Waals surface area contributed by atoms with Crippen LogP contribution in [-0.2, 0) is 6.54 Å². The van der Waals surface area contributed by atoms with Gasteiger partial charge in [0.25, 0.3) is 0 Å². The van der Waals surface area contributed by atoms with Gasteiger partial charge in [0.2, 0.25) is 0 Å². The summed E-state index contributed by atoms with van der Waals surface area (Å²) in [5.41, 5.74) is 1.40. The van der Waals surface area contributed by atoms with Crippen molar-refractivity contribution in [1.29, 1.82) is 0 Å². The van der Waals surface area contributed by atoms with Crippen molar-refractivity contribution in [2.75, 3.05) is 20.6 Å². The average molecular weight is 212 g/mol. The lowest BCUT2D eigenvalue weighted by Crippen LogP contribution is -2.35. The van der Waals surface area contributed by atoms with Crippen molar-refractivity contribution in [2.45, 2.75) is 26.4 Å². The normalized spacial score (nSPS) is 13.5. The van der Waals surface area contributed by atoms with Crippen LogP contribution in [0.3, 0.4) is 0 Å². The fraction of sp³-hybridized carbons (Fsp3) is 0.636. The van der Waals surface area contributed by atoms with Crippen LogP contribution in [0.4, 0.5) is 0 Å². The Bertz CT molecular complexity index is 268. The molecule has 1 unspecified atom stereocenters. The van der Waals surface area contributed by atoms with Gasteiger partial charge in [0.05, 0.1) is 0 Å². The van der Waals surface area contributed by atoms with Gasteiger partial charge in [-0.3, -0.25) is 0 Å². The molecule has 0 aliphatic heterocycles. The van der Waals surface area contributed by atoms with Gasteiger partial charge in [-0.25, -0.2) is 0 Å². The zero-order valence-corrected chi connectivity index (χ0v) is 10.3. The van der Waals surface area contributed by atoms with Crippen molar-refractivity contribution in [1.82, 2.24) is 10.2 Å². The van der Waals surface area contributed by atoms with E-state index in [9.17, 15) is 0 Å². The van der Waals surface area contributed by atoms with Crippen LogP contribution >= 0.6 is 11.3 Å². The molecule has 0 aromatic carbocycles. The second-order valence-electron chi connectivity index (χ2n) is 4.07. The van der Waals surface area contributed by atoms with E-state index < -0.39 is 0 Å². The van der Waals surface area contributed by atoms with E-state index in [1.807, 2.05) is 11.3 Å². The third-order valence-corrected chi connectivity index (χ3v) is 3.24. The Kier molecular flexibility index (Phi) is 4.58. The van der Waals surface area contributed by atoms with Crippen molar-refractivity contribution in [3.8, 4) is 0 Å². The first-order valence-electron chi connectivity index (χ1n) is 5.00. The zero-order chi connectivity index (χ0) is 10.6. The molecule has 0 saturated heterocycles. The van der Waals surface area contributed by atoms with Gasteiger partial charge in [-0.2, -0.15) is 0 Å². The number of nitrogens with one attached hydrogen (secondary N) is 1. The molecule has 1 aromatic rings. The largest absolute Gasteiger partial charge is 0.308 e. The highest BCUT2D eigenvalue weighted by atomic mass is 32.1. The smallest absolute Gasteiger partial charge is 0.0305 e. The van der Waals surface area contributed by atoms with Crippen LogP contribution in [-0.4, -0.2) is 31.6 Å². The monoisotopic (exact) mass is 212 g/mol. The quantitative estimate of drug-likeness (QED) is 0.804. The maximum Gasteiger partial charge on any atom is 0.0305 e. The molecule has 0 fully saturated rings. The van der Waals surface area contributed by atoms with Crippen LogP contribution < -0.4 is 5.32 Å². The number of hydrogen-bond acceptors (Lipinski definition) is 3. The topological polar surface area (TPSA) is 15.3 Å². The van der Waals surface area contributed by atoms with Crippen molar-refractivity contribution < 1.29 is 0 Å². The van der Waals surface area contributed by atoms with Gasteiger partial charge in [-0.05, 0) is 45.0 Å². The fourth-order valence-electron chi connectivity index (χ4n) is 1.46. The summed E-state index contributed by atoms with van der Waals surface area (Å²) in [5.74, 6) is 0. The summed E-state index contributed by atoms with van der Waals surface area (Å²) < 4.78 is 0. The molecule has 0 saturated carbocycles. The lowest BCUT2D eigenvalue weighted by molar-refractivity contribution is 0.349. The van der Waals surface area contributed by atoms with E-state index in [1.54, 1.807) is 0 Å². The molecular formula is C11H20N2S. The summed E-state index contributed by atoms with van der Waals surface area (Å²) in [5, 5.41) is 5.68. The summed E-state index contributed by atoms with van der Waals surface area (Å²) in [4.78, 5) is 3.66. The fourth-order valence-corrected chi connectivity index (χ4v) is 2.32. The van der Waals surface area contributed by atoms with Crippen LogP contribution in [0.15, 0.2) is 11.4 Å². The molecule has 0 radical (unpaired) electrons. The Hall–Kier alpha value is -0.380. The predicted molar refractivity (Wildman–Crippen MR) is 63.9 cm³/mol. The molecule has 2 nitrogen and oxygen atoms in total. The maximum atomic E-state index is 3.53. The summed E-state index contributed by atoms with van der Waals surface area (Å²) in [7, 11) is 4.21. The van der Waals surface area contributed by atoms with E-state index in [-0.39, 0.29) is 0 Å². The second-order valence-corrected chi connectivity index (χ2v) is 5.07. The third-order valence-electron chi connectivity index (χ3n) is 2.22. The molecule has 14 heavy (non-hydrogen) atoms. The molecule has 0 aliphatic carbocycles. The highest BCUT2D eigenvalue weighted by Gasteiger charge is 2.04. The van der Waals surface area contributed by atoms with Crippen LogP contribution in [0, 0.1) is 6.92 Å². The van der Waals surface area contributed by atoms with E-state index in [0.717, 1.165) is 13.1 Å². The highest BCUT2D eigenvalue weighted by Crippen LogP contribution is 2.14. The average Bonchev–Trinajstić information content (AvgIpc) is 2.46. The first kappa shape index (κ1) is 11.7. The minimum atomic E-state index is 0.548. The number of likely N-dealkylation sites (N-methyl/N-ethyl adjacent to an activating group) is 1. The number of nitrogens with zero attached hydrogens (tertiary/aromatic N) is 1. The standard InChI is InChI=1S/C11H20N2S/c1-9-5-6-14-11(9)7-12-10(2)8-13(3)4/h5-6,10,12H,7-8H2,1-4H3. The molecule has 1 atom stereocenters. The van der Waals surface area contributed by atoms with Crippen LogP contribution in [0.5, 0.6) is 0 Å². The Labute approximate surface area is 90.9 Å². The highest BCUT2D eigenvalue weighted by molar-refractivity contribution is 7.10. The van der Waals surface area contributed by atoms with Gasteiger partial charge < -0.3 is 10.2 Å². The summed E-state index contributed by atoms with van der Waals surface area (Å²) in [6, 6.07) is 2.73. The van der Waals surface area contributed by atoms with Crippen molar-refractivity contribution in [2.24, 2.45) is 0 Å². The molecule has 0 aliphatic rings. The van der Waals surface area contributed by atoms with Gasteiger partial charge in [0.15, 0.2) is 0 Å². The minimum Gasteiger partial charge on any atom is -0.308 e. The third kappa shape index (κ3) is 3.78. The molecular weight excluding hydrogens is 192 g/mol. The predicted octanol–water partition coefficient (Wildman–Crippen LogP) is 2.10. The molecule has 80 valence electrons. The van der Waals surface area contributed by atoms with Gasteiger partial charge in [-0.15, -0.1) is 11.3 Å². The SMILES string of the molecule is Cc1ccsc1CNC(C)CN(C)C. The first-order valence-corrected chi connectivity index (χ1v) is 5.88. The van der Waals surface area contributed by atoms with Crippen LogP contribution in [0.1, 0.15) is 17.4 Å². The van der Waals surface area contributed by atoms with Gasteiger partial charge in [-0.1, -0.05) is 0 Å². The zero-order valence-electron chi connectivity index (χ0n) is 9.50. The molecule has 1 rings (SSSR count). The van der Waals surface area contributed by atoms with Crippen LogP contribution in [0.25, 0.3) is 0 Å². The van der Waals surface area contributed by atoms with E-state index in [0.29, 0.717) is 6.04 Å². The van der Waals surface area contributed by atoms with Crippen molar-refractivity contribution >= 4 is 11.3 Å². The summed E-state index contributed by atoms with van der Waals surface area (Å²) >= 11 is 1.83. The maximum absolute atomic E-state index is 3.53. The van der Waals surface area contributed by atoms with Gasteiger partial charge in [0, 0.05) is 24.0 Å². The number of aryl methyl sites for hydroxylation is 1. The lowest BCUT2D eigenvalue weighted by atomic mass is 10.2. The molecule has 1 N–H and O–H groups in total. The van der Waals surface area contributed by atoms with Crippen molar-refractivity contribution in [3.63, 3.8) is 0 Å². The molecule has 0 bridgehead atoms. The molecule has 1 heterocycles. The Morgan fingerprint density at radius 3 is 2.71 bits per heavy atom.